The zero-order valence-corrected chi connectivity index (χ0v) is 13.5. The Morgan fingerprint density at radius 1 is 1.48 bits per heavy atom. The Bertz CT molecular complexity index is 455. The number of piperidine rings is 1. The van der Waals surface area contributed by atoms with Crippen LogP contribution in [0.25, 0.3) is 0 Å². The zero-order valence-electron chi connectivity index (χ0n) is 13.5. The van der Waals surface area contributed by atoms with Gasteiger partial charge in [0.15, 0.2) is 0 Å². The molecule has 1 fully saturated rings. The highest BCUT2D eigenvalue weighted by atomic mass is 16.2. The van der Waals surface area contributed by atoms with E-state index in [1.807, 2.05) is 22.7 Å². The summed E-state index contributed by atoms with van der Waals surface area (Å²) in [4.78, 5) is 18.7. The van der Waals surface area contributed by atoms with Crippen molar-refractivity contribution < 1.29 is 4.79 Å². The molecule has 118 valence electrons. The molecule has 1 atom stereocenters. The highest BCUT2D eigenvalue weighted by Crippen LogP contribution is 2.22. The Labute approximate surface area is 127 Å². The number of carbonyl (C=O) groups excluding carboxylic acids is 1. The number of nitrogens with one attached hydrogen (secondary N) is 1. The molecule has 1 aliphatic rings. The Kier molecular flexibility index (Phi) is 5.65. The molecular weight excluding hydrogens is 264 g/mol. The predicted octanol–water partition coefficient (Wildman–Crippen LogP) is 2.92. The smallest absolute Gasteiger partial charge is 0.318 e. The second-order valence-corrected chi connectivity index (χ2v) is 6.43. The molecule has 1 aromatic rings. The van der Waals surface area contributed by atoms with Crippen molar-refractivity contribution in [3.8, 4) is 0 Å². The van der Waals surface area contributed by atoms with Gasteiger partial charge in [0.25, 0.3) is 0 Å². The summed E-state index contributed by atoms with van der Waals surface area (Å²) in [6, 6.07) is 0.467. The van der Waals surface area contributed by atoms with Crippen LogP contribution in [0.15, 0.2) is 12.4 Å². The molecule has 5 nitrogen and oxygen atoms in total. The van der Waals surface area contributed by atoms with Crippen LogP contribution in [0, 0.1) is 5.92 Å². The highest BCUT2D eigenvalue weighted by Gasteiger charge is 2.26. The fraction of sp³-hybridized carbons (Fsp3) is 0.750. The molecule has 0 spiro atoms. The maximum Gasteiger partial charge on any atom is 0.318 e. The quantitative estimate of drug-likeness (QED) is 0.907. The molecule has 1 aliphatic heterocycles. The first-order valence-electron chi connectivity index (χ1n) is 8.08. The first kappa shape index (κ1) is 15.9. The summed E-state index contributed by atoms with van der Waals surface area (Å²) in [5, 5.41) is 3.02. The zero-order chi connectivity index (χ0) is 15.2. The molecule has 2 amide bonds. The van der Waals surface area contributed by atoms with Gasteiger partial charge in [0.05, 0.1) is 6.54 Å². The van der Waals surface area contributed by atoms with Crippen LogP contribution in [0.1, 0.15) is 51.8 Å². The highest BCUT2D eigenvalue weighted by molar-refractivity contribution is 5.74. The van der Waals surface area contributed by atoms with Gasteiger partial charge in [-0.2, -0.15) is 0 Å². The Morgan fingerprint density at radius 2 is 2.29 bits per heavy atom. The third-order valence-corrected chi connectivity index (χ3v) is 4.28. The van der Waals surface area contributed by atoms with Crippen molar-refractivity contribution in [2.45, 2.75) is 58.5 Å². The predicted molar refractivity (Wildman–Crippen MR) is 83.9 cm³/mol. The number of carbonyl (C=O) groups is 1. The van der Waals surface area contributed by atoms with E-state index in [2.05, 4.69) is 24.1 Å². The standard InChI is InChI=1S/C16H28N4O/c1-13(2)7-8-14-6-4-5-10-20(14)16(21)18-12-15-17-9-11-19(15)3/h9,11,13-14H,4-8,10,12H2,1-3H3,(H,18,21)/t14-/m0/s1. The van der Waals surface area contributed by atoms with Gasteiger partial charge in [-0.05, 0) is 38.0 Å². The van der Waals surface area contributed by atoms with Crippen molar-refractivity contribution in [2.24, 2.45) is 13.0 Å². The summed E-state index contributed by atoms with van der Waals surface area (Å²) in [6.07, 6.45) is 9.46. The largest absolute Gasteiger partial charge is 0.337 e. The fourth-order valence-electron chi connectivity index (χ4n) is 2.92. The van der Waals surface area contributed by atoms with Crippen LogP contribution >= 0.6 is 0 Å². The first-order valence-corrected chi connectivity index (χ1v) is 8.08. The van der Waals surface area contributed by atoms with Gasteiger partial charge in [0.1, 0.15) is 5.82 Å². The molecule has 2 heterocycles. The number of rotatable bonds is 5. The molecule has 1 N–H and O–H groups in total. The van der Waals surface area contributed by atoms with Crippen molar-refractivity contribution >= 4 is 6.03 Å². The molecule has 0 aliphatic carbocycles. The van der Waals surface area contributed by atoms with Gasteiger partial charge in [-0.3, -0.25) is 0 Å². The molecule has 0 aromatic carbocycles. The van der Waals surface area contributed by atoms with Gasteiger partial charge in [-0.1, -0.05) is 13.8 Å². The van der Waals surface area contributed by atoms with E-state index < -0.39 is 0 Å². The Morgan fingerprint density at radius 3 is 2.95 bits per heavy atom. The van der Waals surface area contributed by atoms with Crippen molar-refractivity contribution in [1.29, 1.82) is 0 Å². The lowest BCUT2D eigenvalue weighted by Crippen LogP contribution is -2.48. The van der Waals surface area contributed by atoms with Crippen LogP contribution in [0.2, 0.25) is 0 Å². The van der Waals surface area contributed by atoms with E-state index >= 15 is 0 Å². The van der Waals surface area contributed by atoms with E-state index in [-0.39, 0.29) is 6.03 Å². The van der Waals surface area contributed by atoms with Gasteiger partial charge in [-0.15, -0.1) is 0 Å². The Hall–Kier alpha value is -1.52. The summed E-state index contributed by atoms with van der Waals surface area (Å²) in [5.74, 6) is 1.59. The molecule has 0 radical (unpaired) electrons. The minimum Gasteiger partial charge on any atom is -0.337 e. The van der Waals surface area contributed by atoms with Crippen molar-refractivity contribution in [2.75, 3.05) is 6.54 Å². The average Bonchev–Trinajstić information content (AvgIpc) is 2.88. The fourth-order valence-corrected chi connectivity index (χ4v) is 2.92. The van der Waals surface area contributed by atoms with Crippen LogP contribution in [0.5, 0.6) is 0 Å². The van der Waals surface area contributed by atoms with Crippen molar-refractivity contribution in [1.82, 2.24) is 19.8 Å². The molecule has 0 saturated carbocycles. The van der Waals surface area contributed by atoms with Gasteiger partial charge in [-0.25, -0.2) is 9.78 Å². The number of hydrogen-bond acceptors (Lipinski definition) is 2. The lowest BCUT2D eigenvalue weighted by Gasteiger charge is -2.36. The summed E-state index contributed by atoms with van der Waals surface area (Å²) in [5.41, 5.74) is 0. The van der Waals surface area contributed by atoms with E-state index in [1.54, 1.807) is 6.20 Å². The summed E-state index contributed by atoms with van der Waals surface area (Å²) in [6.45, 7) is 5.87. The molecule has 0 bridgehead atoms. The van der Waals surface area contributed by atoms with E-state index in [0.717, 1.165) is 31.6 Å². The SMILES string of the molecule is CC(C)CC[C@@H]1CCCCN1C(=O)NCc1nccn1C. The van der Waals surface area contributed by atoms with Gasteiger partial charge in [0.2, 0.25) is 0 Å². The average molecular weight is 292 g/mol. The van der Waals surface area contributed by atoms with E-state index in [4.69, 9.17) is 0 Å². The number of amides is 2. The number of nitrogens with zero attached hydrogens (tertiary/aromatic N) is 3. The number of aryl methyl sites for hydroxylation is 1. The van der Waals surface area contributed by atoms with Crippen LogP contribution in [-0.4, -0.2) is 33.1 Å². The maximum absolute atomic E-state index is 12.4. The monoisotopic (exact) mass is 292 g/mol. The lowest BCUT2D eigenvalue weighted by molar-refractivity contribution is 0.142. The van der Waals surface area contributed by atoms with E-state index in [0.29, 0.717) is 18.5 Å². The van der Waals surface area contributed by atoms with Crippen LogP contribution in [0.3, 0.4) is 0 Å². The second kappa shape index (κ2) is 7.48. The minimum atomic E-state index is 0.0615. The van der Waals surface area contributed by atoms with Crippen LogP contribution < -0.4 is 5.32 Å². The maximum atomic E-state index is 12.4. The van der Waals surface area contributed by atoms with Crippen LogP contribution in [0.4, 0.5) is 4.79 Å². The molecule has 2 rings (SSSR count). The van der Waals surface area contributed by atoms with Gasteiger partial charge >= 0.3 is 6.03 Å². The number of urea groups is 1. The molecule has 1 saturated heterocycles. The number of imidazole rings is 1. The third kappa shape index (κ3) is 4.48. The summed E-state index contributed by atoms with van der Waals surface area (Å²) in [7, 11) is 1.95. The number of likely N-dealkylation sites (tertiary alicyclic amines) is 1. The first-order chi connectivity index (χ1) is 10.1. The topological polar surface area (TPSA) is 50.2 Å². The van der Waals surface area contributed by atoms with Gasteiger partial charge in [0, 0.05) is 32.0 Å². The normalized spacial score (nSPS) is 19.0. The molecule has 1 aromatic heterocycles. The lowest BCUT2D eigenvalue weighted by atomic mass is 9.95. The second-order valence-electron chi connectivity index (χ2n) is 6.43. The number of aromatic nitrogens is 2. The number of hydrogen-bond donors (Lipinski definition) is 1. The molecule has 5 heteroatoms. The third-order valence-electron chi connectivity index (χ3n) is 4.28. The van der Waals surface area contributed by atoms with Crippen molar-refractivity contribution in [3.63, 3.8) is 0 Å². The van der Waals surface area contributed by atoms with E-state index in [9.17, 15) is 4.79 Å². The molecular formula is C16H28N4O. The summed E-state index contributed by atoms with van der Waals surface area (Å²) < 4.78 is 1.94. The molecule has 0 unspecified atom stereocenters. The minimum absolute atomic E-state index is 0.0615. The molecule has 21 heavy (non-hydrogen) atoms. The summed E-state index contributed by atoms with van der Waals surface area (Å²) >= 11 is 0. The Balaban J connectivity index is 1.87. The van der Waals surface area contributed by atoms with Crippen LogP contribution in [-0.2, 0) is 13.6 Å². The van der Waals surface area contributed by atoms with Gasteiger partial charge < -0.3 is 14.8 Å². The van der Waals surface area contributed by atoms with Crippen molar-refractivity contribution in [3.05, 3.63) is 18.2 Å². The van der Waals surface area contributed by atoms with E-state index in [1.165, 1.54) is 12.8 Å².